The summed E-state index contributed by atoms with van der Waals surface area (Å²) in [6.45, 7) is 2.74. The van der Waals surface area contributed by atoms with E-state index in [9.17, 15) is 5.11 Å². The van der Waals surface area contributed by atoms with Crippen LogP contribution in [0.2, 0.25) is 0 Å². The van der Waals surface area contributed by atoms with Crippen molar-refractivity contribution in [1.82, 2.24) is 9.97 Å². The van der Waals surface area contributed by atoms with E-state index in [4.69, 9.17) is 4.74 Å². The predicted octanol–water partition coefficient (Wildman–Crippen LogP) is 3.62. The number of hydrogen-bond donors (Lipinski definition) is 2. The van der Waals surface area contributed by atoms with Crippen LogP contribution in [0.5, 0.6) is 5.75 Å². The molecule has 1 atom stereocenters. The molecule has 2 N–H and O–H groups in total. The molecule has 1 saturated carbocycles. The van der Waals surface area contributed by atoms with E-state index in [-0.39, 0.29) is 6.61 Å². The molecule has 2 aliphatic rings. The van der Waals surface area contributed by atoms with Gasteiger partial charge in [0.05, 0.1) is 6.10 Å². The van der Waals surface area contributed by atoms with Gasteiger partial charge < -0.3 is 20.1 Å². The van der Waals surface area contributed by atoms with Crippen molar-refractivity contribution in [1.29, 1.82) is 0 Å². The van der Waals surface area contributed by atoms with Crippen LogP contribution in [0.15, 0.2) is 36.7 Å². The van der Waals surface area contributed by atoms with Crippen LogP contribution in [0.25, 0.3) is 0 Å². The van der Waals surface area contributed by atoms with Crippen molar-refractivity contribution in [2.24, 2.45) is 5.92 Å². The fraction of sp³-hybridized carbons (Fsp3) is 0.545. The van der Waals surface area contributed by atoms with Crippen LogP contribution in [0.1, 0.15) is 44.1 Å². The van der Waals surface area contributed by atoms with Gasteiger partial charge in [0.2, 0.25) is 0 Å². The van der Waals surface area contributed by atoms with E-state index in [1.807, 2.05) is 18.2 Å². The number of aliphatic hydroxyl groups excluding tert-OH is 1. The summed E-state index contributed by atoms with van der Waals surface area (Å²) in [6.07, 6.45) is 8.98. The molecule has 1 aromatic heterocycles. The molecule has 6 nitrogen and oxygen atoms in total. The zero-order valence-corrected chi connectivity index (χ0v) is 16.4. The van der Waals surface area contributed by atoms with Gasteiger partial charge in [-0.25, -0.2) is 9.97 Å². The standard InChI is InChI=1S/C22H30N4O2/c27-15-17-6-5-11-26(14-17)22-12-21(24-16-25-22)23-13-18-7-1-4-10-20(18)28-19-8-2-3-9-19/h1,4,7,10,12,16-17,19,27H,2-3,5-6,8-9,11,13-15H2,(H,23,24,25). The number of anilines is 2. The number of benzene rings is 1. The Kier molecular flexibility index (Phi) is 6.27. The van der Waals surface area contributed by atoms with E-state index < -0.39 is 0 Å². The Morgan fingerprint density at radius 1 is 1.11 bits per heavy atom. The Balaban J connectivity index is 1.40. The minimum atomic E-state index is 0.241. The third-order valence-corrected chi connectivity index (χ3v) is 5.78. The van der Waals surface area contributed by atoms with Crippen LogP contribution in [-0.2, 0) is 6.54 Å². The topological polar surface area (TPSA) is 70.5 Å². The minimum Gasteiger partial charge on any atom is -0.490 e. The van der Waals surface area contributed by atoms with E-state index in [1.54, 1.807) is 6.33 Å². The predicted molar refractivity (Wildman–Crippen MR) is 111 cm³/mol. The van der Waals surface area contributed by atoms with Crippen LogP contribution < -0.4 is 15.0 Å². The van der Waals surface area contributed by atoms with Gasteiger partial charge in [-0.05, 0) is 50.5 Å². The molecule has 1 unspecified atom stereocenters. The number of aromatic nitrogens is 2. The number of para-hydroxylation sites is 1. The van der Waals surface area contributed by atoms with Crippen molar-refractivity contribution in [3.63, 3.8) is 0 Å². The van der Waals surface area contributed by atoms with Gasteiger partial charge in [-0.3, -0.25) is 0 Å². The minimum absolute atomic E-state index is 0.241. The summed E-state index contributed by atoms with van der Waals surface area (Å²) >= 11 is 0. The second kappa shape index (κ2) is 9.24. The van der Waals surface area contributed by atoms with Crippen molar-refractivity contribution in [2.45, 2.75) is 51.2 Å². The molecule has 0 amide bonds. The molecule has 150 valence electrons. The molecule has 0 spiro atoms. The highest BCUT2D eigenvalue weighted by Crippen LogP contribution is 2.27. The highest BCUT2D eigenvalue weighted by atomic mass is 16.5. The van der Waals surface area contributed by atoms with Crippen molar-refractivity contribution in [3.8, 4) is 5.75 Å². The summed E-state index contributed by atoms with van der Waals surface area (Å²) in [5, 5.41) is 12.9. The van der Waals surface area contributed by atoms with Gasteiger partial charge in [0, 0.05) is 37.9 Å². The molecule has 6 heteroatoms. The normalized spacial score (nSPS) is 20.3. The lowest BCUT2D eigenvalue weighted by atomic mass is 9.99. The molecule has 1 saturated heterocycles. The largest absolute Gasteiger partial charge is 0.490 e. The zero-order chi connectivity index (χ0) is 19.2. The lowest BCUT2D eigenvalue weighted by molar-refractivity contribution is 0.208. The van der Waals surface area contributed by atoms with Gasteiger partial charge in [0.1, 0.15) is 23.7 Å². The molecule has 0 bridgehead atoms. The summed E-state index contributed by atoms with van der Waals surface area (Å²) in [5.74, 6) is 3.04. The van der Waals surface area contributed by atoms with Gasteiger partial charge >= 0.3 is 0 Å². The summed E-state index contributed by atoms with van der Waals surface area (Å²) in [6, 6.07) is 10.2. The lowest BCUT2D eigenvalue weighted by Gasteiger charge is -2.32. The second-order valence-corrected chi connectivity index (χ2v) is 7.88. The highest BCUT2D eigenvalue weighted by Gasteiger charge is 2.21. The molecular formula is C22H30N4O2. The summed E-state index contributed by atoms with van der Waals surface area (Å²) < 4.78 is 6.23. The van der Waals surface area contributed by atoms with Crippen LogP contribution in [0, 0.1) is 5.92 Å². The quantitative estimate of drug-likeness (QED) is 0.762. The number of nitrogens with zero attached hydrogens (tertiary/aromatic N) is 3. The molecule has 28 heavy (non-hydrogen) atoms. The average Bonchev–Trinajstić information content (AvgIpc) is 3.26. The fourth-order valence-corrected chi connectivity index (χ4v) is 4.18. The fourth-order valence-electron chi connectivity index (χ4n) is 4.18. The SMILES string of the molecule is OCC1CCCN(c2cc(NCc3ccccc3OC3CCCC3)ncn2)C1. The summed E-state index contributed by atoms with van der Waals surface area (Å²) in [4.78, 5) is 11.1. The van der Waals surface area contributed by atoms with E-state index in [1.165, 1.54) is 12.8 Å². The molecule has 1 aliphatic carbocycles. The Morgan fingerprint density at radius 2 is 1.96 bits per heavy atom. The third kappa shape index (κ3) is 4.73. The first kappa shape index (κ1) is 19.0. The Labute approximate surface area is 167 Å². The molecule has 0 radical (unpaired) electrons. The molecule has 2 heterocycles. The second-order valence-electron chi connectivity index (χ2n) is 7.88. The number of nitrogens with one attached hydrogen (secondary N) is 1. The zero-order valence-electron chi connectivity index (χ0n) is 16.4. The number of ether oxygens (including phenoxy) is 1. The van der Waals surface area contributed by atoms with Crippen molar-refractivity contribution in [3.05, 3.63) is 42.2 Å². The highest BCUT2D eigenvalue weighted by molar-refractivity contribution is 5.49. The third-order valence-electron chi connectivity index (χ3n) is 5.78. The maximum Gasteiger partial charge on any atom is 0.134 e. The summed E-state index contributed by atoms with van der Waals surface area (Å²) in [5.41, 5.74) is 1.15. The maximum atomic E-state index is 9.46. The monoisotopic (exact) mass is 382 g/mol. The number of piperidine rings is 1. The summed E-state index contributed by atoms with van der Waals surface area (Å²) in [7, 11) is 0. The average molecular weight is 383 g/mol. The first-order valence-corrected chi connectivity index (χ1v) is 10.5. The first-order chi connectivity index (χ1) is 13.8. The van der Waals surface area contributed by atoms with Crippen LogP contribution in [0.4, 0.5) is 11.6 Å². The molecule has 1 aliphatic heterocycles. The van der Waals surface area contributed by atoms with E-state index in [0.717, 1.165) is 61.7 Å². The van der Waals surface area contributed by atoms with Crippen LogP contribution in [0.3, 0.4) is 0 Å². The first-order valence-electron chi connectivity index (χ1n) is 10.5. The van der Waals surface area contributed by atoms with E-state index >= 15 is 0 Å². The Hall–Kier alpha value is -2.34. The van der Waals surface area contributed by atoms with Gasteiger partial charge in [0.15, 0.2) is 0 Å². The van der Waals surface area contributed by atoms with Gasteiger partial charge in [-0.2, -0.15) is 0 Å². The molecule has 4 rings (SSSR count). The Bertz CT molecular complexity index is 764. The van der Waals surface area contributed by atoms with Gasteiger partial charge in [-0.1, -0.05) is 18.2 Å². The van der Waals surface area contributed by atoms with E-state index in [2.05, 4.69) is 32.3 Å². The van der Waals surface area contributed by atoms with E-state index in [0.29, 0.717) is 18.6 Å². The Morgan fingerprint density at radius 3 is 2.82 bits per heavy atom. The van der Waals surface area contributed by atoms with Crippen molar-refractivity contribution < 1.29 is 9.84 Å². The number of rotatable bonds is 7. The van der Waals surface area contributed by atoms with Crippen LogP contribution in [-0.4, -0.2) is 40.9 Å². The van der Waals surface area contributed by atoms with Crippen molar-refractivity contribution in [2.75, 3.05) is 29.9 Å². The number of aliphatic hydroxyl groups is 1. The molecule has 2 aromatic rings. The lowest BCUT2D eigenvalue weighted by Crippen LogP contribution is -2.37. The smallest absolute Gasteiger partial charge is 0.134 e. The van der Waals surface area contributed by atoms with Crippen molar-refractivity contribution >= 4 is 11.6 Å². The maximum absolute atomic E-state index is 9.46. The van der Waals surface area contributed by atoms with Gasteiger partial charge in [0.25, 0.3) is 0 Å². The molecule has 1 aromatic carbocycles. The van der Waals surface area contributed by atoms with Gasteiger partial charge in [-0.15, -0.1) is 0 Å². The molecular weight excluding hydrogens is 352 g/mol. The number of hydrogen-bond acceptors (Lipinski definition) is 6. The molecule has 2 fully saturated rings. The van der Waals surface area contributed by atoms with Crippen LogP contribution >= 0.6 is 0 Å².